The van der Waals surface area contributed by atoms with E-state index in [1.165, 1.54) is 38.5 Å². The molecule has 0 aromatic rings. The molecule has 1 amide bonds. The summed E-state index contributed by atoms with van der Waals surface area (Å²) in [7, 11) is 0. The van der Waals surface area contributed by atoms with Crippen LogP contribution in [0.5, 0.6) is 0 Å². The highest BCUT2D eigenvalue weighted by atomic mass is 16.2. The van der Waals surface area contributed by atoms with Gasteiger partial charge in [-0.05, 0) is 31.1 Å². The summed E-state index contributed by atoms with van der Waals surface area (Å²) in [6, 6.07) is 0. The smallest absolute Gasteiger partial charge is 0.226 e. The third-order valence-corrected chi connectivity index (χ3v) is 4.12. The van der Waals surface area contributed by atoms with E-state index in [0.29, 0.717) is 5.91 Å². The fourth-order valence-corrected chi connectivity index (χ4v) is 2.94. The van der Waals surface area contributed by atoms with Crippen molar-refractivity contribution < 1.29 is 4.79 Å². The van der Waals surface area contributed by atoms with Gasteiger partial charge in [0.15, 0.2) is 0 Å². The van der Waals surface area contributed by atoms with Gasteiger partial charge in [0.1, 0.15) is 0 Å². The summed E-state index contributed by atoms with van der Waals surface area (Å²) in [5, 5.41) is 3.04. The summed E-state index contributed by atoms with van der Waals surface area (Å²) in [5.74, 6) is 2.14. The zero-order chi connectivity index (χ0) is 9.60. The van der Waals surface area contributed by atoms with E-state index in [4.69, 9.17) is 0 Å². The highest BCUT2D eigenvalue weighted by molar-refractivity contribution is 5.84. The fraction of sp³-hybridized carbons (Fsp3) is 0.917. The minimum Gasteiger partial charge on any atom is -0.356 e. The number of nitrogens with one attached hydrogen (secondary N) is 1. The van der Waals surface area contributed by atoms with Crippen LogP contribution >= 0.6 is 0 Å². The van der Waals surface area contributed by atoms with Crippen LogP contribution in [0.25, 0.3) is 0 Å². The van der Waals surface area contributed by atoms with Gasteiger partial charge in [0.05, 0.1) is 5.41 Å². The Kier molecular flexibility index (Phi) is 1.86. The van der Waals surface area contributed by atoms with E-state index in [-0.39, 0.29) is 5.41 Å². The first kappa shape index (κ1) is 8.75. The molecule has 1 heterocycles. The van der Waals surface area contributed by atoms with Crippen molar-refractivity contribution in [3.63, 3.8) is 0 Å². The number of carbonyl (C=O) groups excluding carboxylic acids is 1. The number of rotatable bonds is 4. The summed E-state index contributed by atoms with van der Waals surface area (Å²) < 4.78 is 0. The van der Waals surface area contributed by atoms with Crippen molar-refractivity contribution in [1.29, 1.82) is 0 Å². The van der Waals surface area contributed by atoms with Crippen molar-refractivity contribution in [3.05, 3.63) is 0 Å². The summed E-state index contributed by atoms with van der Waals surface area (Å²) in [5.41, 5.74) is 0.0718. The van der Waals surface area contributed by atoms with Crippen molar-refractivity contribution in [3.8, 4) is 0 Å². The summed E-state index contributed by atoms with van der Waals surface area (Å²) >= 11 is 0. The van der Waals surface area contributed by atoms with Crippen molar-refractivity contribution in [1.82, 2.24) is 5.32 Å². The van der Waals surface area contributed by atoms with Crippen molar-refractivity contribution in [2.45, 2.75) is 44.9 Å². The molecule has 0 aromatic carbocycles. The molecule has 3 fully saturated rings. The lowest BCUT2D eigenvalue weighted by Crippen LogP contribution is -2.32. The van der Waals surface area contributed by atoms with Crippen LogP contribution in [0, 0.1) is 17.3 Å². The quantitative estimate of drug-likeness (QED) is 0.727. The third-order valence-electron chi connectivity index (χ3n) is 4.12. The molecule has 78 valence electrons. The van der Waals surface area contributed by atoms with Gasteiger partial charge < -0.3 is 5.32 Å². The maximum absolute atomic E-state index is 11.9. The SMILES string of the molecule is O=C1NCCC1(CC1CC1)CC1CC1. The standard InChI is InChI=1S/C12H19NO/c14-11-12(5-6-13-11,7-9-1-2-9)8-10-3-4-10/h9-10H,1-8H2,(H,13,14). The third kappa shape index (κ3) is 1.55. The molecule has 2 aliphatic carbocycles. The monoisotopic (exact) mass is 193 g/mol. The van der Waals surface area contributed by atoms with Gasteiger partial charge in [-0.2, -0.15) is 0 Å². The second-order valence-corrected chi connectivity index (χ2v) is 5.58. The Morgan fingerprint density at radius 3 is 2.07 bits per heavy atom. The molecule has 0 unspecified atom stereocenters. The van der Waals surface area contributed by atoms with Crippen LogP contribution in [-0.4, -0.2) is 12.5 Å². The first-order valence-corrected chi connectivity index (χ1v) is 6.07. The minimum atomic E-state index is 0.0718. The van der Waals surface area contributed by atoms with Gasteiger partial charge in [-0.1, -0.05) is 25.7 Å². The number of carbonyl (C=O) groups is 1. The molecular weight excluding hydrogens is 174 g/mol. The van der Waals surface area contributed by atoms with Crippen LogP contribution in [-0.2, 0) is 4.79 Å². The molecule has 2 nitrogen and oxygen atoms in total. The van der Waals surface area contributed by atoms with E-state index in [2.05, 4.69) is 5.32 Å². The number of hydrogen-bond donors (Lipinski definition) is 1. The van der Waals surface area contributed by atoms with E-state index < -0.39 is 0 Å². The number of amides is 1. The van der Waals surface area contributed by atoms with Gasteiger partial charge in [-0.25, -0.2) is 0 Å². The van der Waals surface area contributed by atoms with Gasteiger partial charge in [-0.15, -0.1) is 0 Å². The molecule has 1 saturated heterocycles. The molecule has 0 radical (unpaired) electrons. The Morgan fingerprint density at radius 1 is 1.14 bits per heavy atom. The van der Waals surface area contributed by atoms with Crippen LogP contribution in [0.3, 0.4) is 0 Å². The lowest BCUT2D eigenvalue weighted by Gasteiger charge is -2.25. The van der Waals surface area contributed by atoms with Crippen LogP contribution in [0.1, 0.15) is 44.9 Å². The van der Waals surface area contributed by atoms with E-state index >= 15 is 0 Å². The highest BCUT2D eigenvalue weighted by Gasteiger charge is 2.48. The minimum absolute atomic E-state index is 0.0718. The Bertz CT molecular complexity index is 239. The highest BCUT2D eigenvalue weighted by Crippen LogP contribution is 2.50. The van der Waals surface area contributed by atoms with E-state index in [0.717, 1.165) is 24.8 Å². The zero-order valence-corrected chi connectivity index (χ0v) is 8.72. The van der Waals surface area contributed by atoms with E-state index in [9.17, 15) is 4.79 Å². The average Bonchev–Trinajstić information content (AvgIpc) is 3.00. The largest absolute Gasteiger partial charge is 0.356 e. The molecule has 14 heavy (non-hydrogen) atoms. The lowest BCUT2D eigenvalue weighted by atomic mass is 9.76. The molecule has 1 aliphatic heterocycles. The zero-order valence-electron chi connectivity index (χ0n) is 8.72. The number of hydrogen-bond acceptors (Lipinski definition) is 1. The summed E-state index contributed by atoms with van der Waals surface area (Å²) in [6.07, 6.45) is 8.99. The Morgan fingerprint density at radius 2 is 1.71 bits per heavy atom. The molecule has 0 aromatic heterocycles. The van der Waals surface area contributed by atoms with Gasteiger partial charge in [0, 0.05) is 6.54 Å². The average molecular weight is 193 g/mol. The fourth-order valence-electron chi connectivity index (χ4n) is 2.94. The van der Waals surface area contributed by atoms with Crippen LogP contribution < -0.4 is 5.32 Å². The van der Waals surface area contributed by atoms with Gasteiger partial charge in [0.2, 0.25) is 5.91 Å². The van der Waals surface area contributed by atoms with E-state index in [1.54, 1.807) is 0 Å². The summed E-state index contributed by atoms with van der Waals surface area (Å²) in [4.78, 5) is 11.9. The molecule has 2 heteroatoms. The first-order chi connectivity index (χ1) is 6.78. The van der Waals surface area contributed by atoms with Crippen molar-refractivity contribution in [2.75, 3.05) is 6.54 Å². The Balaban J connectivity index is 1.72. The lowest BCUT2D eigenvalue weighted by molar-refractivity contribution is -0.128. The molecule has 1 N–H and O–H groups in total. The van der Waals surface area contributed by atoms with Gasteiger partial charge in [0.25, 0.3) is 0 Å². The van der Waals surface area contributed by atoms with Crippen molar-refractivity contribution >= 4 is 5.91 Å². The molecule has 0 bridgehead atoms. The molecule has 3 rings (SSSR count). The van der Waals surface area contributed by atoms with E-state index in [1.807, 2.05) is 0 Å². The van der Waals surface area contributed by atoms with Gasteiger partial charge >= 0.3 is 0 Å². The molecule has 3 aliphatic rings. The molecule has 0 atom stereocenters. The predicted molar refractivity (Wildman–Crippen MR) is 54.7 cm³/mol. The second-order valence-electron chi connectivity index (χ2n) is 5.58. The summed E-state index contributed by atoms with van der Waals surface area (Å²) in [6.45, 7) is 0.929. The van der Waals surface area contributed by atoms with Gasteiger partial charge in [-0.3, -0.25) is 4.79 Å². The van der Waals surface area contributed by atoms with Crippen molar-refractivity contribution in [2.24, 2.45) is 17.3 Å². The van der Waals surface area contributed by atoms with Crippen LogP contribution in [0.15, 0.2) is 0 Å². The maximum atomic E-state index is 11.9. The van der Waals surface area contributed by atoms with Crippen LogP contribution in [0.2, 0.25) is 0 Å². The molecule has 0 spiro atoms. The maximum Gasteiger partial charge on any atom is 0.226 e. The predicted octanol–water partition coefficient (Wildman–Crippen LogP) is 2.09. The van der Waals surface area contributed by atoms with Crippen LogP contribution in [0.4, 0.5) is 0 Å². The second kappa shape index (κ2) is 2.98. The topological polar surface area (TPSA) is 29.1 Å². The molecular formula is C12H19NO. The molecule has 2 saturated carbocycles. The Hall–Kier alpha value is -0.530. The first-order valence-electron chi connectivity index (χ1n) is 6.07. The normalized spacial score (nSPS) is 30.4. The Labute approximate surface area is 85.4 Å².